The highest BCUT2D eigenvalue weighted by molar-refractivity contribution is 6.20. The van der Waals surface area contributed by atoms with Crippen LogP contribution in [-0.4, -0.2) is 57.7 Å². The van der Waals surface area contributed by atoms with Gasteiger partial charge in [-0.2, -0.15) is 5.10 Å². The minimum absolute atomic E-state index is 0.111. The summed E-state index contributed by atoms with van der Waals surface area (Å²) in [4.78, 5) is 45.2. The SMILES string of the molecule is CN1CCC(C(=O)ON2C(=O)c3ccccc3C2=O)C(c2cnn(C)c2)C1. The number of benzene rings is 1. The molecule has 2 atom stereocenters. The lowest BCUT2D eigenvalue weighted by Gasteiger charge is -2.35. The van der Waals surface area contributed by atoms with E-state index in [1.54, 1.807) is 35.1 Å². The average Bonchev–Trinajstić information content (AvgIpc) is 3.19. The second-order valence-electron chi connectivity index (χ2n) is 7.07. The summed E-state index contributed by atoms with van der Waals surface area (Å²) in [6.45, 7) is 1.41. The van der Waals surface area contributed by atoms with Gasteiger partial charge in [0.05, 0.1) is 23.2 Å². The number of likely N-dealkylation sites (N-methyl/N-ethyl adjacent to an activating group) is 1. The molecule has 0 N–H and O–H groups in total. The molecule has 4 rings (SSSR count). The molecule has 2 aliphatic rings. The number of carbonyl (C=O) groups excluding carboxylic acids is 3. The third kappa shape index (κ3) is 3.02. The molecule has 2 aromatic rings. The molecule has 140 valence electrons. The minimum Gasteiger partial charge on any atom is -0.329 e. The van der Waals surface area contributed by atoms with Crippen LogP contribution in [0.15, 0.2) is 36.7 Å². The summed E-state index contributed by atoms with van der Waals surface area (Å²) in [6.07, 6.45) is 4.20. The Kier molecular flexibility index (Phi) is 4.27. The predicted molar refractivity (Wildman–Crippen MR) is 94.6 cm³/mol. The van der Waals surface area contributed by atoms with Crippen molar-refractivity contribution in [1.29, 1.82) is 0 Å². The lowest BCUT2D eigenvalue weighted by atomic mass is 9.82. The Balaban J connectivity index is 1.55. The standard InChI is InChI=1S/C19H20N4O4/c1-21-8-7-15(16(11-21)12-9-20-22(2)10-12)19(26)27-23-17(24)13-5-3-4-6-14(13)18(23)25/h3-6,9-10,15-16H,7-8,11H2,1-2H3. The van der Waals surface area contributed by atoms with Crippen LogP contribution in [-0.2, 0) is 16.7 Å². The van der Waals surface area contributed by atoms with E-state index in [2.05, 4.69) is 10.00 Å². The van der Waals surface area contributed by atoms with E-state index in [0.717, 1.165) is 12.1 Å². The monoisotopic (exact) mass is 368 g/mol. The molecule has 0 saturated carbocycles. The molecule has 0 aliphatic carbocycles. The van der Waals surface area contributed by atoms with Crippen molar-refractivity contribution in [3.63, 3.8) is 0 Å². The lowest BCUT2D eigenvalue weighted by Crippen LogP contribution is -2.43. The summed E-state index contributed by atoms with van der Waals surface area (Å²) in [7, 11) is 3.82. The number of aromatic nitrogens is 2. The number of likely N-dealkylation sites (tertiary alicyclic amines) is 1. The maximum absolute atomic E-state index is 12.9. The molecule has 0 spiro atoms. The second kappa shape index (κ2) is 6.62. The topological polar surface area (TPSA) is 84.7 Å². The first kappa shape index (κ1) is 17.4. The largest absolute Gasteiger partial charge is 0.336 e. The zero-order valence-corrected chi connectivity index (χ0v) is 15.2. The predicted octanol–water partition coefficient (Wildman–Crippen LogP) is 1.21. The van der Waals surface area contributed by atoms with Gasteiger partial charge in [-0.3, -0.25) is 14.3 Å². The van der Waals surface area contributed by atoms with Crippen molar-refractivity contribution in [3.8, 4) is 0 Å². The molecule has 0 bridgehead atoms. The van der Waals surface area contributed by atoms with Crippen LogP contribution in [0.5, 0.6) is 0 Å². The molecule has 1 fully saturated rings. The van der Waals surface area contributed by atoms with Crippen LogP contribution < -0.4 is 0 Å². The van der Waals surface area contributed by atoms with E-state index in [4.69, 9.17) is 4.84 Å². The van der Waals surface area contributed by atoms with E-state index in [9.17, 15) is 14.4 Å². The lowest BCUT2D eigenvalue weighted by molar-refractivity contribution is -0.176. The van der Waals surface area contributed by atoms with Crippen molar-refractivity contribution >= 4 is 17.8 Å². The summed E-state index contributed by atoms with van der Waals surface area (Å²) in [5.74, 6) is -2.33. The molecule has 8 heteroatoms. The molecule has 8 nitrogen and oxygen atoms in total. The highest BCUT2D eigenvalue weighted by atomic mass is 16.7. The van der Waals surface area contributed by atoms with E-state index in [1.165, 1.54) is 0 Å². The van der Waals surface area contributed by atoms with Gasteiger partial charge < -0.3 is 9.74 Å². The highest BCUT2D eigenvalue weighted by Crippen LogP contribution is 2.33. The maximum Gasteiger partial charge on any atom is 0.336 e. The molecule has 2 amide bonds. The quantitative estimate of drug-likeness (QED) is 0.757. The summed E-state index contributed by atoms with van der Waals surface area (Å²) < 4.78 is 1.69. The summed E-state index contributed by atoms with van der Waals surface area (Å²) in [5, 5.41) is 4.78. The van der Waals surface area contributed by atoms with Gasteiger partial charge in [0.1, 0.15) is 0 Å². The van der Waals surface area contributed by atoms with Crippen LogP contribution in [0.1, 0.15) is 38.6 Å². The van der Waals surface area contributed by atoms with Crippen molar-refractivity contribution in [2.24, 2.45) is 13.0 Å². The molecule has 1 aromatic heterocycles. The van der Waals surface area contributed by atoms with Gasteiger partial charge in [0.2, 0.25) is 0 Å². The highest BCUT2D eigenvalue weighted by Gasteiger charge is 2.42. The summed E-state index contributed by atoms with van der Waals surface area (Å²) in [5.41, 5.74) is 1.44. The molecule has 1 aromatic carbocycles. The summed E-state index contributed by atoms with van der Waals surface area (Å²) in [6, 6.07) is 6.45. The van der Waals surface area contributed by atoms with Gasteiger partial charge in [0.25, 0.3) is 11.8 Å². The molecular formula is C19H20N4O4. The van der Waals surface area contributed by atoms with Crippen molar-refractivity contribution in [2.75, 3.05) is 20.1 Å². The van der Waals surface area contributed by atoms with E-state index in [0.29, 0.717) is 18.0 Å². The van der Waals surface area contributed by atoms with E-state index in [1.807, 2.05) is 20.3 Å². The second-order valence-corrected chi connectivity index (χ2v) is 7.07. The van der Waals surface area contributed by atoms with Gasteiger partial charge in [-0.15, -0.1) is 0 Å². The first-order chi connectivity index (χ1) is 13.0. The molecule has 2 unspecified atom stereocenters. The van der Waals surface area contributed by atoms with Gasteiger partial charge in [-0.05, 0) is 37.7 Å². The van der Waals surface area contributed by atoms with Gasteiger partial charge in [0, 0.05) is 25.7 Å². The number of fused-ring (bicyclic) bond motifs is 1. The van der Waals surface area contributed by atoms with Crippen molar-refractivity contribution < 1.29 is 19.2 Å². The molecular weight excluding hydrogens is 348 g/mol. The number of hydroxylamine groups is 2. The minimum atomic E-state index is -0.602. The van der Waals surface area contributed by atoms with Gasteiger partial charge in [-0.25, -0.2) is 4.79 Å². The third-order valence-electron chi connectivity index (χ3n) is 5.21. The van der Waals surface area contributed by atoms with Crippen molar-refractivity contribution in [2.45, 2.75) is 12.3 Å². The number of amides is 2. The fourth-order valence-electron chi connectivity index (χ4n) is 3.77. The Labute approximate surface area is 156 Å². The van der Waals surface area contributed by atoms with Gasteiger partial charge in [-0.1, -0.05) is 17.2 Å². The normalized spacial score (nSPS) is 22.8. The number of piperidine rings is 1. The molecule has 2 aliphatic heterocycles. The fraction of sp³-hybridized carbons (Fsp3) is 0.368. The molecule has 3 heterocycles. The zero-order chi connectivity index (χ0) is 19.1. The maximum atomic E-state index is 12.9. The smallest absolute Gasteiger partial charge is 0.329 e. The Morgan fingerprint density at radius 1 is 1.15 bits per heavy atom. The van der Waals surface area contributed by atoms with Crippen molar-refractivity contribution in [3.05, 3.63) is 53.3 Å². The number of imide groups is 1. The van der Waals surface area contributed by atoms with Gasteiger partial charge in [0.15, 0.2) is 0 Å². The number of carbonyl (C=O) groups is 3. The number of hydrogen-bond donors (Lipinski definition) is 0. The van der Waals surface area contributed by atoms with E-state index in [-0.39, 0.29) is 17.0 Å². The first-order valence-corrected chi connectivity index (χ1v) is 8.82. The Morgan fingerprint density at radius 2 is 1.81 bits per heavy atom. The Morgan fingerprint density at radius 3 is 2.41 bits per heavy atom. The van der Waals surface area contributed by atoms with E-state index >= 15 is 0 Å². The van der Waals surface area contributed by atoms with E-state index < -0.39 is 23.7 Å². The number of rotatable bonds is 3. The zero-order valence-electron chi connectivity index (χ0n) is 15.2. The fourth-order valence-corrected chi connectivity index (χ4v) is 3.77. The van der Waals surface area contributed by atoms with Crippen LogP contribution in [0.3, 0.4) is 0 Å². The van der Waals surface area contributed by atoms with Crippen LogP contribution in [0.4, 0.5) is 0 Å². The van der Waals surface area contributed by atoms with Crippen LogP contribution in [0.2, 0.25) is 0 Å². The molecule has 0 radical (unpaired) electrons. The number of nitrogens with zero attached hydrogens (tertiary/aromatic N) is 4. The number of hydrogen-bond acceptors (Lipinski definition) is 6. The van der Waals surface area contributed by atoms with Crippen molar-refractivity contribution in [1.82, 2.24) is 19.7 Å². The third-order valence-corrected chi connectivity index (χ3v) is 5.21. The van der Waals surface area contributed by atoms with Crippen LogP contribution in [0.25, 0.3) is 0 Å². The van der Waals surface area contributed by atoms with Crippen LogP contribution in [0, 0.1) is 5.92 Å². The van der Waals surface area contributed by atoms with Crippen LogP contribution >= 0.6 is 0 Å². The summed E-state index contributed by atoms with van der Waals surface area (Å²) >= 11 is 0. The molecule has 1 saturated heterocycles. The number of aryl methyl sites for hydroxylation is 1. The molecule has 27 heavy (non-hydrogen) atoms. The Hall–Kier alpha value is -3.00. The first-order valence-electron chi connectivity index (χ1n) is 8.82. The van der Waals surface area contributed by atoms with Gasteiger partial charge >= 0.3 is 5.97 Å². The average molecular weight is 368 g/mol. The Bertz CT molecular complexity index is 887.